The Bertz CT molecular complexity index is 849. The van der Waals surface area contributed by atoms with Crippen molar-refractivity contribution in [1.82, 2.24) is 0 Å². The number of rotatable bonds is 11. The molecule has 1 aromatic heterocycles. The summed E-state index contributed by atoms with van der Waals surface area (Å²) in [5, 5.41) is 20.5. The zero-order valence-electron chi connectivity index (χ0n) is 17.0. The van der Waals surface area contributed by atoms with Crippen molar-refractivity contribution in [2.75, 3.05) is 0 Å². The van der Waals surface area contributed by atoms with Crippen LogP contribution in [-0.2, 0) is 9.59 Å². The number of carboxylic acid groups (broad SMARTS) is 1. The van der Waals surface area contributed by atoms with Gasteiger partial charge >= 0.3 is 5.97 Å². The number of fused-ring (bicyclic) bond motifs is 1. The van der Waals surface area contributed by atoms with Gasteiger partial charge in [0.05, 0.1) is 6.10 Å². The van der Waals surface area contributed by atoms with Crippen molar-refractivity contribution in [3.63, 3.8) is 0 Å². The predicted molar refractivity (Wildman–Crippen MR) is 117 cm³/mol. The van der Waals surface area contributed by atoms with Gasteiger partial charge in [-0.15, -0.1) is 11.3 Å². The SMILES string of the molecule is CC1=CC(=O)[C@H](CCC(O)c2cc3ccccc3s2)[C@H]1CCCCCCC(=O)O. The molecular formula is C24H30O4S. The maximum atomic E-state index is 12.5. The van der Waals surface area contributed by atoms with Gasteiger partial charge in [-0.1, -0.05) is 43.0 Å². The first-order valence-electron chi connectivity index (χ1n) is 10.6. The summed E-state index contributed by atoms with van der Waals surface area (Å²) < 4.78 is 1.18. The van der Waals surface area contributed by atoms with E-state index in [0.717, 1.165) is 47.9 Å². The van der Waals surface area contributed by atoms with Crippen LogP contribution in [-0.4, -0.2) is 22.0 Å². The molecule has 4 nitrogen and oxygen atoms in total. The molecule has 0 amide bonds. The summed E-state index contributed by atoms with van der Waals surface area (Å²) in [5.41, 5.74) is 1.15. The van der Waals surface area contributed by atoms with E-state index < -0.39 is 12.1 Å². The lowest BCUT2D eigenvalue weighted by atomic mass is 9.83. The maximum Gasteiger partial charge on any atom is 0.303 e. The van der Waals surface area contributed by atoms with E-state index >= 15 is 0 Å². The maximum absolute atomic E-state index is 12.5. The lowest BCUT2D eigenvalue weighted by molar-refractivity contribution is -0.137. The molecule has 3 atom stereocenters. The van der Waals surface area contributed by atoms with Gasteiger partial charge in [-0.3, -0.25) is 9.59 Å². The Morgan fingerprint density at radius 3 is 2.62 bits per heavy atom. The van der Waals surface area contributed by atoms with E-state index in [4.69, 9.17) is 5.11 Å². The van der Waals surface area contributed by atoms with Crippen LogP contribution in [0.3, 0.4) is 0 Å². The Morgan fingerprint density at radius 2 is 1.86 bits per heavy atom. The summed E-state index contributed by atoms with van der Waals surface area (Å²) in [5.74, 6) is -0.307. The van der Waals surface area contributed by atoms with E-state index in [1.54, 1.807) is 17.4 Å². The molecule has 0 saturated heterocycles. The molecule has 29 heavy (non-hydrogen) atoms. The van der Waals surface area contributed by atoms with Gasteiger partial charge in [0, 0.05) is 21.9 Å². The highest BCUT2D eigenvalue weighted by Gasteiger charge is 2.33. The van der Waals surface area contributed by atoms with Crippen LogP contribution < -0.4 is 0 Å². The van der Waals surface area contributed by atoms with Crippen LogP contribution in [0, 0.1) is 11.8 Å². The van der Waals surface area contributed by atoms with Gasteiger partial charge < -0.3 is 10.2 Å². The number of aliphatic hydroxyl groups is 1. The summed E-state index contributed by atoms with van der Waals surface area (Å²) in [6.45, 7) is 2.04. The van der Waals surface area contributed by atoms with Gasteiger partial charge in [0.25, 0.3) is 0 Å². The van der Waals surface area contributed by atoms with E-state index in [9.17, 15) is 14.7 Å². The topological polar surface area (TPSA) is 74.6 Å². The molecule has 2 N–H and O–H groups in total. The van der Waals surface area contributed by atoms with Crippen molar-refractivity contribution in [1.29, 1.82) is 0 Å². The van der Waals surface area contributed by atoms with E-state index in [0.29, 0.717) is 12.8 Å². The number of aliphatic hydroxyl groups excluding tert-OH is 1. The Balaban J connectivity index is 1.49. The number of aliphatic carboxylic acids is 1. The third kappa shape index (κ3) is 5.77. The minimum absolute atomic E-state index is 0.0296. The van der Waals surface area contributed by atoms with Gasteiger partial charge in [-0.05, 0) is 62.1 Å². The number of allylic oxidation sites excluding steroid dienone is 2. The number of benzene rings is 1. The van der Waals surface area contributed by atoms with Gasteiger partial charge in [0.1, 0.15) is 0 Å². The minimum atomic E-state index is -0.734. The van der Waals surface area contributed by atoms with E-state index in [1.807, 2.05) is 19.1 Å². The molecule has 0 aliphatic heterocycles. The third-order valence-corrected chi connectivity index (χ3v) is 7.20. The quantitative estimate of drug-likeness (QED) is 0.449. The van der Waals surface area contributed by atoms with Gasteiger partial charge in [-0.2, -0.15) is 0 Å². The van der Waals surface area contributed by atoms with Crippen LogP contribution in [0.2, 0.25) is 0 Å². The second kappa shape index (κ2) is 10.2. The molecule has 156 valence electrons. The number of carboxylic acids is 1. The fourth-order valence-electron chi connectivity index (χ4n) is 4.37. The molecule has 0 radical (unpaired) electrons. The lowest BCUT2D eigenvalue weighted by Gasteiger charge is -2.21. The van der Waals surface area contributed by atoms with Crippen LogP contribution in [0.15, 0.2) is 42.0 Å². The predicted octanol–water partition coefficient (Wildman–Crippen LogP) is 5.90. The van der Waals surface area contributed by atoms with Crippen LogP contribution in [0.1, 0.15) is 69.3 Å². The van der Waals surface area contributed by atoms with Crippen molar-refractivity contribution < 1.29 is 19.8 Å². The third-order valence-electron chi connectivity index (χ3n) is 5.99. The summed E-state index contributed by atoms with van der Waals surface area (Å²) in [6, 6.07) is 10.2. The second-order valence-corrected chi connectivity index (χ2v) is 9.25. The number of ketones is 1. The van der Waals surface area contributed by atoms with Crippen LogP contribution in [0.25, 0.3) is 10.1 Å². The summed E-state index contributed by atoms with van der Waals surface area (Å²) >= 11 is 1.62. The molecule has 2 aromatic rings. The number of hydrogen-bond acceptors (Lipinski definition) is 4. The Hall–Kier alpha value is -1.98. The highest BCUT2D eigenvalue weighted by Crippen LogP contribution is 2.39. The Morgan fingerprint density at radius 1 is 1.10 bits per heavy atom. The van der Waals surface area contributed by atoms with E-state index in [2.05, 4.69) is 18.2 Å². The molecule has 1 aliphatic carbocycles. The number of hydrogen-bond donors (Lipinski definition) is 2. The fraction of sp³-hybridized carbons (Fsp3) is 0.500. The monoisotopic (exact) mass is 414 g/mol. The van der Waals surface area contributed by atoms with E-state index in [1.165, 1.54) is 4.70 Å². The Kier molecular flexibility index (Phi) is 7.62. The molecule has 0 saturated carbocycles. The second-order valence-electron chi connectivity index (χ2n) is 8.13. The molecule has 1 unspecified atom stereocenters. The highest BCUT2D eigenvalue weighted by molar-refractivity contribution is 7.19. The van der Waals surface area contributed by atoms with Crippen molar-refractivity contribution in [2.45, 2.75) is 64.4 Å². The molecule has 1 heterocycles. The normalized spacial score (nSPS) is 20.2. The number of unbranched alkanes of at least 4 members (excludes halogenated alkanes) is 3. The largest absolute Gasteiger partial charge is 0.481 e. The molecule has 1 aliphatic rings. The highest BCUT2D eigenvalue weighted by atomic mass is 32.1. The van der Waals surface area contributed by atoms with E-state index in [-0.39, 0.29) is 24.0 Å². The zero-order valence-corrected chi connectivity index (χ0v) is 17.8. The average Bonchev–Trinajstić information content (AvgIpc) is 3.23. The lowest BCUT2D eigenvalue weighted by Crippen LogP contribution is -2.18. The van der Waals surface area contributed by atoms with Crippen molar-refractivity contribution in [2.24, 2.45) is 11.8 Å². The first-order valence-corrected chi connectivity index (χ1v) is 11.4. The molecule has 5 heteroatoms. The molecular weight excluding hydrogens is 384 g/mol. The Labute approximate surface area is 176 Å². The smallest absolute Gasteiger partial charge is 0.303 e. The van der Waals surface area contributed by atoms with Crippen LogP contribution in [0.4, 0.5) is 0 Å². The molecule has 0 fully saturated rings. The molecule has 3 rings (SSSR count). The average molecular weight is 415 g/mol. The first-order chi connectivity index (χ1) is 14.0. The fourth-order valence-corrected chi connectivity index (χ4v) is 5.45. The molecule has 0 bridgehead atoms. The number of carbonyl (C=O) groups excluding carboxylic acids is 1. The first kappa shape index (κ1) is 21.7. The minimum Gasteiger partial charge on any atom is -0.481 e. The van der Waals surface area contributed by atoms with Crippen molar-refractivity contribution >= 4 is 33.2 Å². The summed E-state index contributed by atoms with van der Waals surface area (Å²) in [6.07, 6.45) is 7.41. The van der Waals surface area contributed by atoms with Gasteiger partial charge in [0.2, 0.25) is 0 Å². The van der Waals surface area contributed by atoms with Crippen LogP contribution in [0.5, 0.6) is 0 Å². The summed E-state index contributed by atoms with van der Waals surface area (Å²) in [4.78, 5) is 24.0. The summed E-state index contributed by atoms with van der Waals surface area (Å²) in [7, 11) is 0. The van der Waals surface area contributed by atoms with Gasteiger partial charge in [0.15, 0.2) is 5.78 Å². The van der Waals surface area contributed by atoms with Crippen molar-refractivity contribution in [3.05, 3.63) is 46.9 Å². The van der Waals surface area contributed by atoms with Gasteiger partial charge in [-0.25, -0.2) is 0 Å². The van der Waals surface area contributed by atoms with Crippen LogP contribution >= 0.6 is 11.3 Å². The molecule has 1 aromatic carbocycles. The number of carbonyl (C=O) groups is 2. The number of thiophene rings is 1. The standard InChI is InChI=1S/C24H30O4S/c1-16-14-21(26)19(18(16)9-4-2-3-5-11-24(27)28)12-13-20(25)23-15-17-8-6-7-10-22(17)29-23/h6-8,10,14-15,18-20,25H,2-5,9,11-13H2,1H3,(H,27,28)/t18-,19+,20?/m0/s1. The zero-order chi connectivity index (χ0) is 20.8. The van der Waals surface area contributed by atoms with Crippen molar-refractivity contribution in [3.8, 4) is 0 Å². The molecule has 0 spiro atoms.